The molecule has 270 valence electrons. The molecule has 3 aromatic rings. The number of nitrogens with two attached hydrogens (primary N) is 1. The molecule has 2 atom stereocenters. The average Bonchev–Trinajstić information content (AvgIpc) is 3.45. The summed E-state index contributed by atoms with van der Waals surface area (Å²) in [7, 11) is -6.71. The SMILES string of the molecule is C[C@H](Cn1cnc2c(N)ncnc21)OCP(=O)(O)OCCCSCCCCCCCCCCC[Si](C)(C)c1c(F)c(F)c(F)c(F)c1F. The van der Waals surface area contributed by atoms with E-state index < -0.39 is 56.3 Å². The summed E-state index contributed by atoms with van der Waals surface area (Å²) in [6.45, 7) is 5.62. The molecule has 3 N–H and O–H groups in total. The number of aromatic nitrogens is 4. The molecule has 1 unspecified atom stereocenters. The minimum absolute atomic E-state index is 0.178. The van der Waals surface area contributed by atoms with Crippen LogP contribution in [0, 0.1) is 29.1 Å². The molecular formula is C31H47F5N5O4PSSi. The highest BCUT2D eigenvalue weighted by atomic mass is 32.2. The van der Waals surface area contributed by atoms with Gasteiger partial charge in [-0.05, 0) is 31.3 Å². The maximum absolute atomic E-state index is 14.2. The van der Waals surface area contributed by atoms with E-state index in [-0.39, 0.29) is 18.5 Å². The molecule has 0 aliphatic heterocycles. The number of unbranched alkanes of at least 4 members (excludes halogenated alkanes) is 8. The van der Waals surface area contributed by atoms with Gasteiger partial charge in [-0.3, -0.25) is 4.57 Å². The predicted octanol–water partition coefficient (Wildman–Crippen LogP) is 7.92. The molecule has 0 amide bonds. The number of thioether (sulfide) groups is 1. The van der Waals surface area contributed by atoms with Crippen molar-refractivity contribution in [3.63, 3.8) is 0 Å². The quantitative estimate of drug-likeness (QED) is 0.0249. The number of nitrogens with zero attached hydrogens (tertiary/aromatic N) is 4. The van der Waals surface area contributed by atoms with Crippen molar-refractivity contribution in [3.8, 4) is 0 Å². The van der Waals surface area contributed by atoms with Gasteiger partial charge >= 0.3 is 7.60 Å². The Balaban J connectivity index is 1.14. The minimum atomic E-state index is -3.87. The van der Waals surface area contributed by atoms with Crippen molar-refractivity contribution in [2.75, 3.05) is 30.2 Å². The number of hydrogen-bond acceptors (Lipinski definition) is 8. The molecule has 3 rings (SSSR count). The highest BCUT2D eigenvalue weighted by Gasteiger charge is 2.36. The van der Waals surface area contributed by atoms with Crippen LogP contribution in [0.4, 0.5) is 27.8 Å². The van der Waals surface area contributed by atoms with E-state index in [4.69, 9.17) is 15.0 Å². The molecule has 0 radical (unpaired) electrons. The molecule has 0 saturated carbocycles. The average molecular weight is 740 g/mol. The molecule has 0 bridgehead atoms. The van der Waals surface area contributed by atoms with Crippen LogP contribution >= 0.6 is 19.4 Å². The highest BCUT2D eigenvalue weighted by molar-refractivity contribution is 7.99. The molecule has 1 aromatic carbocycles. The monoisotopic (exact) mass is 739 g/mol. The molecule has 48 heavy (non-hydrogen) atoms. The van der Waals surface area contributed by atoms with Crippen LogP contribution < -0.4 is 10.9 Å². The highest BCUT2D eigenvalue weighted by Crippen LogP contribution is 2.42. The van der Waals surface area contributed by atoms with Crippen LogP contribution in [0.15, 0.2) is 12.7 Å². The first-order valence-corrected chi connectivity index (χ1v) is 22.5. The van der Waals surface area contributed by atoms with E-state index in [0.29, 0.717) is 36.6 Å². The van der Waals surface area contributed by atoms with E-state index >= 15 is 0 Å². The van der Waals surface area contributed by atoms with Crippen molar-refractivity contribution >= 4 is 49.6 Å². The van der Waals surface area contributed by atoms with Crippen LogP contribution in [0.2, 0.25) is 19.1 Å². The second-order valence-electron chi connectivity index (χ2n) is 12.6. The van der Waals surface area contributed by atoms with Crippen LogP contribution in [-0.2, 0) is 20.4 Å². The second kappa shape index (κ2) is 19.3. The lowest BCUT2D eigenvalue weighted by molar-refractivity contribution is 0.0718. The number of rotatable bonds is 23. The fourth-order valence-electron chi connectivity index (χ4n) is 5.42. The lowest BCUT2D eigenvalue weighted by Gasteiger charge is -2.24. The summed E-state index contributed by atoms with van der Waals surface area (Å²) in [5.74, 6) is -7.07. The smallest absolute Gasteiger partial charge is 0.353 e. The Morgan fingerprint density at radius 3 is 2.08 bits per heavy atom. The number of ether oxygens (including phenoxy) is 1. The molecule has 0 saturated heterocycles. The fourth-order valence-corrected chi connectivity index (χ4v) is 10.1. The summed E-state index contributed by atoms with van der Waals surface area (Å²) >= 11 is 1.79. The molecule has 9 nitrogen and oxygen atoms in total. The van der Waals surface area contributed by atoms with Gasteiger partial charge < -0.3 is 24.5 Å². The Bertz CT molecular complexity index is 1490. The van der Waals surface area contributed by atoms with Crippen LogP contribution in [0.25, 0.3) is 11.2 Å². The Kier molecular flexibility index (Phi) is 16.2. The van der Waals surface area contributed by atoms with Gasteiger partial charge in [0, 0.05) is 5.19 Å². The van der Waals surface area contributed by atoms with E-state index in [1.807, 2.05) is 0 Å². The molecule has 0 aliphatic carbocycles. The molecule has 0 fully saturated rings. The number of hydrogen-bond donors (Lipinski definition) is 2. The van der Waals surface area contributed by atoms with Crippen LogP contribution in [0.5, 0.6) is 0 Å². The first-order valence-electron chi connectivity index (χ1n) is 16.3. The number of imidazole rings is 1. The van der Waals surface area contributed by atoms with Crippen molar-refractivity contribution in [2.45, 2.75) is 103 Å². The first kappa shape index (κ1) is 40.3. The van der Waals surface area contributed by atoms with Crippen LogP contribution in [-0.4, -0.2) is 63.1 Å². The van der Waals surface area contributed by atoms with Crippen molar-refractivity contribution < 1.29 is 40.7 Å². The standard InChI is InChI=1S/C31H47F5N5O4PSSi/c1-22(18-41-20-40-28-30(37)38-19-39-31(28)41)44-21-46(42,43)45-14-13-16-47-15-11-9-7-5-4-6-8-10-12-17-48(2,3)29-26(35)24(33)23(32)25(34)27(29)36/h19-20,22H,4-18,21H2,1-3H3,(H,42,43)(H2,37,38,39)/t22-/m1/s1. The summed E-state index contributed by atoms with van der Waals surface area (Å²) in [4.78, 5) is 22.4. The largest absolute Gasteiger partial charge is 0.382 e. The van der Waals surface area contributed by atoms with Crippen molar-refractivity contribution in [2.24, 2.45) is 0 Å². The van der Waals surface area contributed by atoms with Gasteiger partial charge in [-0.2, -0.15) is 11.8 Å². The maximum Gasteiger partial charge on any atom is 0.353 e. The number of benzene rings is 1. The van der Waals surface area contributed by atoms with Gasteiger partial charge in [-0.1, -0.05) is 70.5 Å². The normalized spacial score (nSPS) is 14.1. The number of fused-ring (bicyclic) bond motifs is 1. The topological polar surface area (TPSA) is 125 Å². The van der Waals surface area contributed by atoms with Gasteiger partial charge in [0.2, 0.25) is 5.82 Å². The zero-order valence-corrected chi connectivity index (χ0v) is 30.5. The summed E-state index contributed by atoms with van der Waals surface area (Å²) in [5.41, 5.74) is 6.86. The molecular weight excluding hydrogens is 692 g/mol. The Labute approximate surface area is 284 Å². The Hall–Kier alpha value is -2.10. The van der Waals surface area contributed by atoms with Crippen molar-refractivity contribution in [1.82, 2.24) is 19.5 Å². The van der Waals surface area contributed by atoms with Gasteiger partial charge in [0.15, 0.2) is 34.7 Å². The van der Waals surface area contributed by atoms with Gasteiger partial charge in [-0.15, -0.1) is 0 Å². The van der Waals surface area contributed by atoms with E-state index in [0.717, 1.165) is 62.9 Å². The van der Waals surface area contributed by atoms with Gasteiger partial charge in [0.05, 0.1) is 33.7 Å². The number of anilines is 1. The summed E-state index contributed by atoms with van der Waals surface area (Å²) < 4.78 is 94.0. The van der Waals surface area contributed by atoms with Gasteiger partial charge in [0.25, 0.3) is 0 Å². The molecule has 0 aliphatic rings. The van der Waals surface area contributed by atoms with Crippen LogP contribution in [0.1, 0.15) is 71.1 Å². The van der Waals surface area contributed by atoms with Gasteiger partial charge in [0.1, 0.15) is 18.2 Å². The third-order valence-corrected chi connectivity index (χ3v) is 13.7. The Morgan fingerprint density at radius 2 is 1.44 bits per heavy atom. The summed E-state index contributed by atoms with van der Waals surface area (Å²) in [6, 6.07) is 0.460. The summed E-state index contributed by atoms with van der Waals surface area (Å²) in [5, 5.41) is -0.603. The van der Waals surface area contributed by atoms with Crippen LogP contribution in [0.3, 0.4) is 0 Å². The fraction of sp³-hybridized carbons (Fsp3) is 0.645. The van der Waals surface area contributed by atoms with E-state index in [2.05, 4.69) is 15.0 Å². The maximum atomic E-state index is 14.2. The number of nitrogen functional groups attached to an aromatic ring is 1. The number of halogens is 5. The molecule has 2 aromatic heterocycles. The minimum Gasteiger partial charge on any atom is -0.382 e. The Morgan fingerprint density at radius 1 is 0.875 bits per heavy atom. The zero-order chi connectivity index (χ0) is 35.3. The second-order valence-corrected chi connectivity index (χ2v) is 20.4. The van der Waals surface area contributed by atoms with E-state index in [9.17, 15) is 31.4 Å². The molecule has 0 spiro atoms. The third kappa shape index (κ3) is 12.0. The molecule has 17 heteroatoms. The third-order valence-electron chi connectivity index (χ3n) is 8.11. The summed E-state index contributed by atoms with van der Waals surface area (Å²) in [6.07, 6.45) is 11.9. The van der Waals surface area contributed by atoms with E-state index in [1.54, 1.807) is 42.7 Å². The predicted molar refractivity (Wildman–Crippen MR) is 183 cm³/mol. The van der Waals surface area contributed by atoms with Crippen molar-refractivity contribution in [3.05, 3.63) is 41.7 Å². The van der Waals surface area contributed by atoms with Gasteiger partial charge in [-0.25, -0.2) is 36.9 Å². The lowest BCUT2D eigenvalue weighted by Crippen LogP contribution is -2.47. The lowest BCUT2D eigenvalue weighted by atomic mass is 10.1. The zero-order valence-electron chi connectivity index (χ0n) is 27.8. The first-order chi connectivity index (χ1) is 22.7. The molecule has 2 heterocycles. The van der Waals surface area contributed by atoms with E-state index in [1.165, 1.54) is 6.33 Å². The van der Waals surface area contributed by atoms with Crippen molar-refractivity contribution in [1.29, 1.82) is 0 Å².